The maximum absolute atomic E-state index is 10.6. The lowest BCUT2D eigenvalue weighted by Crippen LogP contribution is -2.19. The maximum atomic E-state index is 10.6. The highest BCUT2D eigenvalue weighted by Gasteiger charge is 2.20. The minimum Gasteiger partial charge on any atom is -0.508 e. The zero-order valence-corrected chi connectivity index (χ0v) is 9.47. The number of phenolic OH excluding ortho intramolecular Hbond substituents is 1. The van der Waals surface area contributed by atoms with E-state index in [1.165, 1.54) is 18.2 Å². The van der Waals surface area contributed by atoms with Crippen molar-refractivity contribution < 1.29 is 20.1 Å². The number of aromatic hydroxyl groups is 1. The van der Waals surface area contributed by atoms with Gasteiger partial charge in [0.05, 0.1) is 6.10 Å². The number of rotatable bonds is 5. The first-order valence-electron chi connectivity index (χ1n) is 4.85. The standard InChI is InChI=1S/C11H14O4S/c12-6-7-1-2-9(13)8(5-7)11(15)10(14)3-4-16/h1-2,5-6,10-11,13-16H,3-4H2. The number of thiol groups is 1. The van der Waals surface area contributed by atoms with Gasteiger partial charge in [-0.05, 0) is 30.4 Å². The van der Waals surface area contributed by atoms with Crippen molar-refractivity contribution in [2.45, 2.75) is 18.6 Å². The molecule has 0 aliphatic heterocycles. The van der Waals surface area contributed by atoms with Crippen molar-refractivity contribution in [1.29, 1.82) is 0 Å². The summed E-state index contributed by atoms with van der Waals surface area (Å²) in [5, 5.41) is 28.8. The molecule has 0 fully saturated rings. The van der Waals surface area contributed by atoms with Gasteiger partial charge in [0.25, 0.3) is 0 Å². The van der Waals surface area contributed by atoms with E-state index in [-0.39, 0.29) is 11.3 Å². The van der Waals surface area contributed by atoms with E-state index >= 15 is 0 Å². The molecule has 1 aromatic carbocycles. The average molecular weight is 242 g/mol. The Kier molecular flexibility index (Phi) is 4.79. The Morgan fingerprint density at radius 2 is 2.06 bits per heavy atom. The molecule has 1 rings (SSSR count). The first kappa shape index (κ1) is 13.0. The summed E-state index contributed by atoms with van der Waals surface area (Å²) >= 11 is 3.94. The van der Waals surface area contributed by atoms with E-state index in [9.17, 15) is 20.1 Å². The molecule has 0 aliphatic rings. The summed E-state index contributed by atoms with van der Waals surface area (Å²) in [6, 6.07) is 4.11. The van der Waals surface area contributed by atoms with Gasteiger partial charge in [-0.25, -0.2) is 0 Å². The van der Waals surface area contributed by atoms with Gasteiger partial charge in [0.1, 0.15) is 18.1 Å². The topological polar surface area (TPSA) is 77.8 Å². The van der Waals surface area contributed by atoms with Crippen molar-refractivity contribution in [3.05, 3.63) is 29.3 Å². The molecule has 0 amide bonds. The predicted molar refractivity (Wildman–Crippen MR) is 62.9 cm³/mol. The summed E-state index contributed by atoms with van der Waals surface area (Å²) in [5.41, 5.74) is 0.490. The van der Waals surface area contributed by atoms with E-state index in [2.05, 4.69) is 12.6 Å². The Labute approximate surface area is 99.0 Å². The second kappa shape index (κ2) is 5.89. The normalized spacial score (nSPS) is 14.4. The van der Waals surface area contributed by atoms with E-state index in [4.69, 9.17) is 0 Å². The third-order valence-electron chi connectivity index (χ3n) is 2.30. The number of aldehydes is 1. The fourth-order valence-corrected chi connectivity index (χ4v) is 1.65. The molecular formula is C11H14O4S. The summed E-state index contributed by atoms with van der Waals surface area (Å²) in [7, 11) is 0. The molecule has 1 aromatic rings. The summed E-state index contributed by atoms with van der Waals surface area (Å²) in [6.07, 6.45) is -1.31. The molecule has 3 N–H and O–H groups in total. The van der Waals surface area contributed by atoms with Gasteiger partial charge in [0, 0.05) is 11.1 Å². The van der Waals surface area contributed by atoms with Crippen molar-refractivity contribution in [1.82, 2.24) is 0 Å². The Bertz CT molecular complexity index is 367. The van der Waals surface area contributed by atoms with Crippen LogP contribution in [0, 0.1) is 0 Å². The number of aliphatic hydroxyl groups excluding tert-OH is 2. The number of phenols is 1. The van der Waals surface area contributed by atoms with E-state index < -0.39 is 12.2 Å². The van der Waals surface area contributed by atoms with E-state index in [0.717, 1.165) is 0 Å². The summed E-state index contributed by atoms with van der Waals surface area (Å²) < 4.78 is 0. The molecule has 4 nitrogen and oxygen atoms in total. The molecule has 88 valence electrons. The molecule has 0 radical (unpaired) electrons. The van der Waals surface area contributed by atoms with Crippen molar-refractivity contribution >= 4 is 18.9 Å². The van der Waals surface area contributed by atoms with Gasteiger partial charge in [0.2, 0.25) is 0 Å². The molecule has 2 atom stereocenters. The van der Waals surface area contributed by atoms with Gasteiger partial charge in [0.15, 0.2) is 0 Å². The second-order valence-electron chi connectivity index (χ2n) is 3.46. The van der Waals surface area contributed by atoms with Crippen LogP contribution in [0.1, 0.15) is 28.4 Å². The molecule has 0 saturated heterocycles. The lowest BCUT2D eigenvalue weighted by Gasteiger charge is -2.18. The fourth-order valence-electron chi connectivity index (χ4n) is 1.38. The largest absolute Gasteiger partial charge is 0.508 e. The van der Waals surface area contributed by atoms with Crippen LogP contribution >= 0.6 is 12.6 Å². The monoisotopic (exact) mass is 242 g/mol. The highest BCUT2D eigenvalue weighted by Crippen LogP contribution is 2.28. The average Bonchev–Trinajstić information content (AvgIpc) is 2.29. The molecule has 0 aliphatic carbocycles. The molecule has 16 heavy (non-hydrogen) atoms. The van der Waals surface area contributed by atoms with Crippen LogP contribution in [-0.2, 0) is 0 Å². The van der Waals surface area contributed by atoms with Gasteiger partial charge < -0.3 is 15.3 Å². The molecular weight excluding hydrogens is 228 g/mol. The van der Waals surface area contributed by atoms with Crippen LogP contribution in [-0.4, -0.2) is 33.5 Å². The van der Waals surface area contributed by atoms with Crippen LogP contribution in [0.15, 0.2) is 18.2 Å². The summed E-state index contributed by atoms with van der Waals surface area (Å²) in [4.78, 5) is 10.6. The van der Waals surface area contributed by atoms with Gasteiger partial charge in [-0.1, -0.05) is 0 Å². The van der Waals surface area contributed by atoms with Gasteiger partial charge in [-0.15, -0.1) is 0 Å². The summed E-state index contributed by atoms with van der Waals surface area (Å²) in [5.74, 6) is 0.281. The maximum Gasteiger partial charge on any atom is 0.150 e. The van der Waals surface area contributed by atoms with Crippen LogP contribution < -0.4 is 0 Å². The van der Waals surface area contributed by atoms with Gasteiger partial charge in [-0.3, -0.25) is 4.79 Å². The molecule has 5 heteroatoms. The van der Waals surface area contributed by atoms with Crippen molar-refractivity contribution in [2.24, 2.45) is 0 Å². The first-order chi connectivity index (χ1) is 7.60. The van der Waals surface area contributed by atoms with Crippen LogP contribution in [0.25, 0.3) is 0 Å². The third kappa shape index (κ3) is 2.98. The lowest BCUT2D eigenvalue weighted by atomic mass is 10.00. The number of aliphatic hydroxyl groups is 2. The van der Waals surface area contributed by atoms with Crippen LogP contribution in [0.4, 0.5) is 0 Å². The zero-order chi connectivity index (χ0) is 12.1. The SMILES string of the molecule is O=Cc1ccc(O)c(C(O)C(O)CCS)c1. The Morgan fingerprint density at radius 1 is 1.38 bits per heavy atom. The number of benzene rings is 1. The third-order valence-corrected chi connectivity index (χ3v) is 2.55. The number of hydrogen-bond donors (Lipinski definition) is 4. The van der Waals surface area contributed by atoms with Gasteiger partial charge in [-0.2, -0.15) is 12.6 Å². The molecule has 0 saturated carbocycles. The Balaban J connectivity index is 2.97. The number of hydrogen-bond acceptors (Lipinski definition) is 5. The minimum absolute atomic E-state index is 0.142. The van der Waals surface area contributed by atoms with Gasteiger partial charge >= 0.3 is 0 Å². The molecule has 0 heterocycles. The molecule has 0 bridgehead atoms. The highest BCUT2D eigenvalue weighted by molar-refractivity contribution is 7.80. The van der Waals surface area contributed by atoms with Crippen molar-refractivity contribution in [2.75, 3.05) is 5.75 Å². The van der Waals surface area contributed by atoms with E-state index in [1.54, 1.807) is 0 Å². The lowest BCUT2D eigenvalue weighted by molar-refractivity contribution is 0.0159. The highest BCUT2D eigenvalue weighted by atomic mass is 32.1. The molecule has 0 spiro atoms. The number of carbonyl (C=O) groups is 1. The minimum atomic E-state index is -1.22. The number of carbonyl (C=O) groups excluding carboxylic acids is 1. The Morgan fingerprint density at radius 3 is 2.62 bits per heavy atom. The molecule has 0 aromatic heterocycles. The van der Waals surface area contributed by atoms with E-state index in [0.29, 0.717) is 24.0 Å². The summed E-state index contributed by atoms with van der Waals surface area (Å²) in [6.45, 7) is 0. The van der Waals surface area contributed by atoms with Crippen molar-refractivity contribution in [3.8, 4) is 5.75 Å². The fraction of sp³-hybridized carbons (Fsp3) is 0.364. The smallest absolute Gasteiger partial charge is 0.150 e. The van der Waals surface area contributed by atoms with Crippen LogP contribution in [0.3, 0.4) is 0 Å². The van der Waals surface area contributed by atoms with Crippen LogP contribution in [0.5, 0.6) is 5.75 Å². The van der Waals surface area contributed by atoms with E-state index in [1.807, 2.05) is 0 Å². The van der Waals surface area contributed by atoms with Crippen LogP contribution in [0.2, 0.25) is 0 Å². The van der Waals surface area contributed by atoms with Crippen molar-refractivity contribution in [3.63, 3.8) is 0 Å². The zero-order valence-electron chi connectivity index (χ0n) is 8.58. The first-order valence-corrected chi connectivity index (χ1v) is 5.48. The quantitative estimate of drug-likeness (QED) is 0.457. The molecule has 2 unspecified atom stereocenters. The Hall–Kier alpha value is -1.04. The predicted octanol–water partition coefficient (Wildman–Crippen LogP) is 0.919. The second-order valence-corrected chi connectivity index (χ2v) is 3.91.